The first kappa shape index (κ1) is 96.4. The largest absolute Gasteiger partial charge is 0.472 e. The van der Waals surface area contributed by atoms with E-state index in [-0.39, 0.29) is 19.3 Å². The molecule has 578 valence electrons. The average Bonchev–Trinajstić information content (AvgIpc) is 0.933. The zero-order valence-electron chi connectivity index (χ0n) is 63.0. The van der Waals surface area contributed by atoms with Gasteiger partial charge in [-0.2, -0.15) is 0 Å². The summed E-state index contributed by atoms with van der Waals surface area (Å²) < 4.78 is 61.1. The van der Waals surface area contributed by atoms with Crippen LogP contribution in [0.3, 0.4) is 0 Å². The number of carbonyl (C=O) groups is 3. The number of phosphoric acid groups is 2. The van der Waals surface area contributed by atoms with Gasteiger partial charge in [-0.15, -0.1) is 0 Å². The van der Waals surface area contributed by atoms with Gasteiger partial charge in [-0.1, -0.05) is 289 Å². The van der Waals surface area contributed by atoms with E-state index in [1.165, 1.54) is 57.8 Å². The van der Waals surface area contributed by atoms with Crippen LogP contribution in [-0.4, -0.2) is 95.9 Å². The van der Waals surface area contributed by atoms with Crippen molar-refractivity contribution >= 4 is 33.6 Å². The number of phosphoric ester groups is 2. The minimum atomic E-state index is -4.94. The Balaban J connectivity index is 4.53. The van der Waals surface area contributed by atoms with Gasteiger partial charge in [0.15, 0.2) is 6.10 Å². The quantitative estimate of drug-likeness (QED) is 0.0146. The highest BCUT2D eigenvalue weighted by Gasteiger charge is 2.29. The molecule has 0 aliphatic heterocycles. The standard InChI is InChI=1S/C83H140O16P2/c1-4-7-10-13-16-19-22-25-27-29-31-33-35-36-37-38-39-40-42-44-45-47-49-52-54-57-60-63-66-69-81(86)93-72-78(84)73-95-100(89,90)96-74-79(85)75-97-101(91,92)98-77-80(99-83(88)71-68-65-62-59-56-51-24-21-18-15-12-9-6-3)76-94-82(87)70-67-64-61-58-55-53-50-48-46-43-41-34-32-30-28-26-23-20-17-14-11-8-5-2/h7,10,12,15-17,19-21,24-28,31-34,36-37,39-40,43,46,78-80,84-85H,4-6,8-9,11,13-14,18,22-23,29-30,35,38,41-42,44-45,47-77H2,1-3H3,(H,89,90)(H,91,92)/b10-7-,15-12-,19-16-,20-17-,24-21-,27-25-,28-26-,33-31-,34-32-,37-36-,40-39-,46-43-. The highest BCUT2D eigenvalue weighted by atomic mass is 31.2. The summed E-state index contributed by atoms with van der Waals surface area (Å²) >= 11 is 0. The lowest BCUT2D eigenvalue weighted by Gasteiger charge is -2.21. The van der Waals surface area contributed by atoms with Gasteiger partial charge in [0.25, 0.3) is 0 Å². The fourth-order valence-electron chi connectivity index (χ4n) is 10.1. The highest BCUT2D eigenvalue weighted by Crippen LogP contribution is 2.45. The molecule has 101 heavy (non-hydrogen) atoms. The lowest BCUT2D eigenvalue weighted by Crippen LogP contribution is -2.30. The van der Waals surface area contributed by atoms with Crippen LogP contribution < -0.4 is 0 Å². The Labute approximate surface area is 613 Å². The van der Waals surface area contributed by atoms with Crippen molar-refractivity contribution in [1.82, 2.24) is 0 Å². The molecule has 0 aromatic carbocycles. The SMILES string of the molecule is CC/C=C\C/C=C\C/C=C\C/C=C\C/C=C\C/C=C\CCCCCCCCCCCCC(=O)OCC(O)COP(=O)(O)OCC(O)COP(=O)(O)OCC(COC(=O)CCCCCCCCC/C=C\C/C=C\C/C=C\C/C=C\CCCCC)OC(=O)CCCCCCC/C=C\C/C=C\CCC. The molecule has 0 saturated heterocycles. The first-order chi connectivity index (χ1) is 49.2. The van der Waals surface area contributed by atoms with E-state index in [2.05, 4.69) is 167 Å². The second-order valence-electron chi connectivity index (χ2n) is 25.8. The monoisotopic (exact) mass is 1450 g/mol. The fraction of sp³-hybridized carbons (Fsp3) is 0.675. The number of hydrogen-bond donors (Lipinski definition) is 4. The van der Waals surface area contributed by atoms with Crippen molar-refractivity contribution in [3.05, 3.63) is 146 Å². The van der Waals surface area contributed by atoms with Gasteiger partial charge in [0.05, 0.1) is 26.4 Å². The van der Waals surface area contributed by atoms with E-state index in [0.717, 1.165) is 186 Å². The molecule has 4 N–H and O–H groups in total. The molecule has 0 rings (SSSR count). The molecule has 18 heteroatoms. The number of hydrogen-bond acceptors (Lipinski definition) is 14. The Hall–Kier alpha value is -4.57. The number of aliphatic hydroxyl groups excluding tert-OH is 2. The topological polar surface area (TPSA) is 231 Å². The Morgan fingerprint density at radius 2 is 0.545 bits per heavy atom. The van der Waals surface area contributed by atoms with Gasteiger partial charge in [0, 0.05) is 19.3 Å². The first-order valence-corrected chi connectivity index (χ1v) is 42.1. The minimum Gasteiger partial charge on any atom is -0.463 e. The van der Waals surface area contributed by atoms with Gasteiger partial charge in [0.2, 0.25) is 0 Å². The van der Waals surface area contributed by atoms with E-state index in [1.54, 1.807) is 0 Å². The van der Waals surface area contributed by atoms with Crippen LogP contribution >= 0.6 is 15.6 Å². The summed E-state index contributed by atoms with van der Waals surface area (Å²) in [5.74, 6) is -1.61. The summed E-state index contributed by atoms with van der Waals surface area (Å²) in [5, 5.41) is 20.6. The fourth-order valence-corrected chi connectivity index (χ4v) is 11.7. The molecule has 5 atom stereocenters. The summed E-state index contributed by atoms with van der Waals surface area (Å²) in [5.41, 5.74) is 0. The number of rotatable bonds is 73. The molecule has 0 radical (unpaired) electrons. The molecule has 0 amide bonds. The van der Waals surface area contributed by atoms with Crippen molar-refractivity contribution in [2.45, 2.75) is 322 Å². The van der Waals surface area contributed by atoms with Crippen LogP contribution in [0.1, 0.15) is 303 Å². The lowest BCUT2D eigenvalue weighted by atomic mass is 10.1. The van der Waals surface area contributed by atoms with E-state index in [4.69, 9.17) is 32.3 Å². The minimum absolute atomic E-state index is 0.0825. The summed E-state index contributed by atoms with van der Waals surface area (Å²) in [6.45, 7) is 2.43. The van der Waals surface area contributed by atoms with Crippen LogP contribution in [0, 0.1) is 0 Å². The van der Waals surface area contributed by atoms with Crippen molar-refractivity contribution in [3.8, 4) is 0 Å². The van der Waals surface area contributed by atoms with Gasteiger partial charge in [-0.3, -0.25) is 32.5 Å². The van der Waals surface area contributed by atoms with Crippen LogP contribution in [-0.2, 0) is 55.8 Å². The molecule has 5 unspecified atom stereocenters. The third-order valence-corrected chi connectivity index (χ3v) is 17.9. The molecule has 0 heterocycles. The molecule has 0 fully saturated rings. The number of esters is 3. The molecule has 0 aromatic rings. The summed E-state index contributed by atoms with van der Waals surface area (Å²) in [7, 11) is -9.80. The van der Waals surface area contributed by atoms with Gasteiger partial charge < -0.3 is 34.2 Å². The van der Waals surface area contributed by atoms with Crippen LogP contribution in [0.4, 0.5) is 0 Å². The molecule has 0 bridgehead atoms. The summed E-state index contributed by atoms with van der Waals surface area (Å²) in [6.07, 6.45) is 91.8. The molecule has 0 aliphatic carbocycles. The molecule has 0 aliphatic rings. The van der Waals surface area contributed by atoms with Crippen molar-refractivity contribution in [3.63, 3.8) is 0 Å². The molecule has 0 saturated carbocycles. The average molecular weight is 1460 g/mol. The zero-order chi connectivity index (χ0) is 73.7. The van der Waals surface area contributed by atoms with Gasteiger partial charge >= 0.3 is 33.6 Å². The first-order valence-electron chi connectivity index (χ1n) is 39.1. The highest BCUT2D eigenvalue weighted by molar-refractivity contribution is 7.47. The zero-order valence-corrected chi connectivity index (χ0v) is 64.8. The van der Waals surface area contributed by atoms with E-state index in [1.807, 2.05) is 0 Å². The van der Waals surface area contributed by atoms with Gasteiger partial charge in [-0.25, -0.2) is 9.13 Å². The second-order valence-corrected chi connectivity index (χ2v) is 28.7. The third kappa shape index (κ3) is 76.4. The molecular weight excluding hydrogens is 1310 g/mol. The maximum Gasteiger partial charge on any atom is 0.472 e. The van der Waals surface area contributed by atoms with E-state index < -0.39 is 91.5 Å². The molecule has 0 aromatic heterocycles. The van der Waals surface area contributed by atoms with Crippen LogP contribution in [0.2, 0.25) is 0 Å². The normalized spacial score (nSPS) is 14.8. The predicted octanol–water partition coefficient (Wildman–Crippen LogP) is 22.9. The smallest absolute Gasteiger partial charge is 0.463 e. The van der Waals surface area contributed by atoms with Gasteiger partial charge in [0.1, 0.15) is 25.4 Å². The molecular formula is C83H140O16P2. The summed E-state index contributed by atoms with van der Waals surface area (Å²) in [4.78, 5) is 58.6. The Bertz CT molecular complexity index is 2420. The third-order valence-electron chi connectivity index (χ3n) is 16.0. The van der Waals surface area contributed by atoms with Crippen molar-refractivity contribution < 1.29 is 75.8 Å². The number of allylic oxidation sites excluding steroid dienone is 24. The Morgan fingerprint density at radius 3 is 0.871 bits per heavy atom. The van der Waals surface area contributed by atoms with E-state index in [0.29, 0.717) is 19.3 Å². The van der Waals surface area contributed by atoms with E-state index >= 15 is 0 Å². The van der Waals surface area contributed by atoms with Crippen molar-refractivity contribution in [1.29, 1.82) is 0 Å². The summed E-state index contributed by atoms with van der Waals surface area (Å²) in [6, 6.07) is 0. The van der Waals surface area contributed by atoms with Crippen molar-refractivity contribution in [2.24, 2.45) is 0 Å². The number of unbranched alkanes of at least 4 members (excludes halogenated alkanes) is 26. The molecule has 16 nitrogen and oxygen atoms in total. The van der Waals surface area contributed by atoms with Crippen molar-refractivity contribution in [2.75, 3.05) is 39.6 Å². The number of ether oxygens (including phenoxy) is 3. The van der Waals surface area contributed by atoms with Crippen LogP contribution in [0.25, 0.3) is 0 Å². The van der Waals surface area contributed by atoms with Crippen LogP contribution in [0.5, 0.6) is 0 Å². The van der Waals surface area contributed by atoms with Gasteiger partial charge in [-0.05, 0) is 141 Å². The van der Waals surface area contributed by atoms with E-state index in [9.17, 15) is 43.5 Å². The molecule has 0 spiro atoms. The Kier molecular flexibility index (Phi) is 71.7. The predicted molar refractivity (Wildman–Crippen MR) is 417 cm³/mol. The van der Waals surface area contributed by atoms with Crippen LogP contribution in [0.15, 0.2) is 146 Å². The maximum atomic E-state index is 12.9. The second kappa shape index (κ2) is 75.1. The lowest BCUT2D eigenvalue weighted by molar-refractivity contribution is -0.161. The number of aliphatic hydroxyl groups is 2. The Morgan fingerprint density at radius 1 is 0.287 bits per heavy atom. The number of carbonyl (C=O) groups excluding carboxylic acids is 3. The maximum absolute atomic E-state index is 12.9.